The molecular weight excluding hydrogens is 226 g/mol. The van der Waals surface area contributed by atoms with Gasteiger partial charge >= 0.3 is 0 Å². The quantitative estimate of drug-likeness (QED) is 0.803. The number of nitrogens with zero attached hydrogens (tertiary/aromatic N) is 3. The zero-order valence-corrected chi connectivity index (χ0v) is 11.9. The van der Waals surface area contributed by atoms with E-state index in [0.29, 0.717) is 0 Å². The van der Waals surface area contributed by atoms with Gasteiger partial charge in [0.1, 0.15) is 0 Å². The second-order valence-corrected chi connectivity index (χ2v) is 4.91. The van der Waals surface area contributed by atoms with Crippen molar-refractivity contribution in [1.82, 2.24) is 9.88 Å². The molecule has 4 heteroatoms. The number of aliphatic hydroxyl groups excluding tert-OH is 1. The molecule has 0 aliphatic carbocycles. The molecule has 0 bridgehead atoms. The van der Waals surface area contributed by atoms with E-state index in [1.807, 2.05) is 18.3 Å². The predicted molar refractivity (Wildman–Crippen MR) is 75.9 cm³/mol. The molecule has 0 unspecified atom stereocenters. The maximum Gasteiger partial charge on any atom is 0.0931 e. The van der Waals surface area contributed by atoms with E-state index in [9.17, 15) is 5.11 Å². The highest BCUT2D eigenvalue weighted by atomic mass is 16.3. The molecule has 1 atom stereocenters. The summed E-state index contributed by atoms with van der Waals surface area (Å²) in [4.78, 5) is 8.82. The summed E-state index contributed by atoms with van der Waals surface area (Å²) >= 11 is 0. The third-order valence-electron chi connectivity index (χ3n) is 2.87. The highest BCUT2D eigenvalue weighted by molar-refractivity contribution is 5.44. The maximum absolute atomic E-state index is 9.45. The molecule has 1 aromatic rings. The number of hydrogen-bond donors (Lipinski definition) is 1. The van der Waals surface area contributed by atoms with Crippen molar-refractivity contribution >= 4 is 5.69 Å². The van der Waals surface area contributed by atoms with Crippen molar-refractivity contribution < 1.29 is 5.11 Å². The number of anilines is 1. The Morgan fingerprint density at radius 1 is 1.22 bits per heavy atom. The Morgan fingerprint density at radius 3 is 2.39 bits per heavy atom. The summed E-state index contributed by atoms with van der Waals surface area (Å²) < 4.78 is 0. The first-order chi connectivity index (χ1) is 8.54. The molecule has 0 aromatic carbocycles. The Labute approximate surface area is 110 Å². The smallest absolute Gasteiger partial charge is 0.0931 e. The van der Waals surface area contributed by atoms with Crippen molar-refractivity contribution in [1.29, 1.82) is 0 Å². The topological polar surface area (TPSA) is 39.6 Å². The van der Waals surface area contributed by atoms with Crippen LogP contribution in [-0.2, 0) is 0 Å². The van der Waals surface area contributed by atoms with E-state index in [0.717, 1.165) is 37.4 Å². The van der Waals surface area contributed by atoms with Gasteiger partial charge in [-0.05, 0) is 39.6 Å². The number of aromatic nitrogens is 1. The molecule has 18 heavy (non-hydrogen) atoms. The lowest BCUT2D eigenvalue weighted by Crippen LogP contribution is -2.32. The van der Waals surface area contributed by atoms with E-state index < -0.39 is 6.10 Å². The molecule has 102 valence electrons. The highest BCUT2D eigenvalue weighted by Gasteiger charge is 2.08. The number of hydrogen-bond acceptors (Lipinski definition) is 4. The van der Waals surface area contributed by atoms with E-state index in [-0.39, 0.29) is 0 Å². The first kappa shape index (κ1) is 14.9. The third kappa shape index (κ3) is 4.63. The van der Waals surface area contributed by atoms with Crippen LogP contribution < -0.4 is 4.90 Å². The lowest BCUT2D eigenvalue weighted by molar-refractivity contribution is 0.194. The molecule has 0 fully saturated rings. The SMILES string of the molecule is CCCN(CCN(C)C)c1ccc([C@H](C)O)nc1. The fourth-order valence-corrected chi connectivity index (χ4v) is 1.79. The number of rotatable bonds is 7. The van der Waals surface area contributed by atoms with Gasteiger partial charge in [-0.15, -0.1) is 0 Å². The second-order valence-electron chi connectivity index (χ2n) is 4.91. The Bertz CT molecular complexity index is 335. The first-order valence-electron chi connectivity index (χ1n) is 6.58. The van der Waals surface area contributed by atoms with Crippen LogP contribution in [0, 0.1) is 0 Å². The average Bonchev–Trinajstić information content (AvgIpc) is 2.34. The normalized spacial score (nSPS) is 12.8. The minimum atomic E-state index is -0.500. The van der Waals surface area contributed by atoms with Gasteiger partial charge in [-0.3, -0.25) is 4.98 Å². The van der Waals surface area contributed by atoms with E-state index >= 15 is 0 Å². The molecule has 1 heterocycles. The van der Waals surface area contributed by atoms with Crippen LogP contribution in [0.3, 0.4) is 0 Å². The van der Waals surface area contributed by atoms with Gasteiger partial charge in [-0.25, -0.2) is 0 Å². The molecule has 0 aliphatic heterocycles. The summed E-state index contributed by atoms with van der Waals surface area (Å²) in [6.45, 7) is 6.97. The standard InChI is InChI=1S/C14H25N3O/c1-5-8-17(10-9-16(3)4)13-6-7-14(12(2)18)15-11-13/h6-7,11-12,18H,5,8-10H2,1-4H3/t12-/m0/s1. The molecule has 1 N–H and O–H groups in total. The van der Waals surface area contributed by atoms with Gasteiger partial charge in [0.25, 0.3) is 0 Å². The highest BCUT2D eigenvalue weighted by Crippen LogP contribution is 2.16. The fraction of sp³-hybridized carbons (Fsp3) is 0.643. The molecule has 0 aliphatic rings. The van der Waals surface area contributed by atoms with E-state index in [1.165, 1.54) is 0 Å². The molecule has 4 nitrogen and oxygen atoms in total. The zero-order chi connectivity index (χ0) is 13.5. The van der Waals surface area contributed by atoms with Crippen molar-refractivity contribution in [2.75, 3.05) is 38.6 Å². The zero-order valence-electron chi connectivity index (χ0n) is 11.9. The lowest BCUT2D eigenvalue weighted by atomic mass is 10.2. The number of likely N-dealkylation sites (N-methyl/N-ethyl adjacent to an activating group) is 1. The van der Waals surface area contributed by atoms with Crippen LogP contribution in [0.25, 0.3) is 0 Å². The van der Waals surface area contributed by atoms with E-state index in [2.05, 4.69) is 35.8 Å². The van der Waals surface area contributed by atoms with Crippen molar-refractivity contribution in [2.24, 2.45) is 0 Å². The summed E-state index contributed by atoms with van der Waals surface area (Å²) in [5, 5.41) is 9.45. The molecule has 0 amide bonds. The van der Waals surface area contributed by atoms with Crippen LogP contribution in [0.5, 0.6) is 0 Å². The van der Waals surface area contributed by atoms with E-state index in [4.69, 9.17) is 0 Å². The molecule has 1 aromatic heterocycles. The molecule has 0 saturated heterocycles. The largest absolute Gasteiger partial charge is 0.387 e. The minimum Gasteiger partial charge on any atom is -0.387 e. The third-order valence-corrected chi connectivity index (χ3v) is 2.87. The van der Waals surface area contributed by atoms with Crippen LogP contribution in [0.4, 0.5) is 5.69 Å². The van der Waals surface area contributed by atoms with Crippen LogP contribution in [0.2, 0.25) is 0 Å². The number of pyridine rings is 1. The van der Waals surface area contributed by atoms with Crippen LogP contribution in [0.15, 0.2) is 18.3 Å². The molecule has 0 spiro atoms. The van der Waals surface area contributed by atoms with Crippen molar-refractivity contribution in [3.8, 4) is 0 Å². The van der Waals surface area contributed by atoms with Crippen molar-refractivity contribution in [3.63, 3.8) is 0 Å². The molecule has 1 rings (SSSR count). The van der Waals surface area contributed by atoms with Gasteiger partial charge in [0.05, 0.1) is 23.7 Å². The van der Waals surface area contributed by atoms with Gasteiger partial charge in [-0.1, -0.05) is 6.92 Å². The van der Waals surface area contributed by atoms with Crippen molar-refractivity contribution in [2.45, 2.75) is 26.4 Å². The predicted octanol–water partition coefficient (Wildman–Crippen LogP) is 1.91. The lowest BCUT2D eigenvalue weighted by Gasteiger charge is -2.25. The Hall–Kier alpha value is -1.13. The van der Waals surface area contributed by atoms with Crippen LogP contribution in [0.1, 0.15) is 32.1 Å². The van der Waals surface area contributed by atoms with Gasteiger partial charge in [0.15, 0.2) is 0 Å². The second kappa shape index (κ2) is 7.34. The Morgan fingerprint density at radius 2 is 1.94 bits per heavy atom. The summed E-state index contributed by atoms with van der Waals surface area (Å²) in [5.74, 6) is 0. The summed E-state index contributed by atoms with van der Waals surface area (Å²) in [7, 11) is 4.16. The summed E-state index contributed by atoms with van der Waals surface area (Å²) in [5.41, 5.74) is 1.85. The van der Waals surface area contributed by atoms with E-state index in [1.54, 1.807) is 6.92 Å². The monoisotopic (exact) mass is 251 g/mol. The van der Waals surface area contributed by atoms with Gasteiger partial charge < -0.3 is 14.9 Å². The average molecular weight is 251 g/mol. The van der Waals surface area contributed by atoms with Crippen LogP contribution in [-0.4, -0.2) is 48.7 Å². The summed E-state index contributed by atoms with van der Waals surface area (Å²) in [6, 6.07) is 3.94. The molecule has 0 saturated carbocycles. The first-order valence-corrected chi connectivity index (χ1v) is 6.58. The maximum atomic E-state index is 9.45. The van der Waals surface area contributed by atoms with Crippen molar-refractivity contribution in [3.05, 3.63) is 24.0 Å². The summed E-state index contributed by atoms with van der Waals surface area (Å²) in [6.07, 6.45) is 2.47. The number of aliphatic hydroxyl groups is 1. The van der Waals surface area contributed by atoms with Gasteiger partial charge in [0.2, 0.25) is 0 Å². The van der Waals surface area contributed by atoms with Crippen LogP contribution >= 0.6 is 0 Å². The van der Waals surface area contributed by atoms with Gasteiger partial charge in [0, 0.05) is 19.6 Å². The molecular formula is C14H25N3O. The minimum absolute atomic E-state index is 0.500. The van der Waals surface area contributed by atoms with Gasteiger partial charge in [-0.2, -0.15) is 0 Å². The Balaban J connectivity index is 2.72. The Kier molecular flexibility index (Phi) is 6.09. The molecule has 0 radical (unpaired) electrons. The fourth-order valence-electron chi connectivity index (χ4n) is 1.79.